The van der Waals surface area contributed by atoms with Crippen LogP contribution in [0.4, 0.5) is 0 Å². The van der Waals surface area contributed by atoms with E-state index >= 15 is 0 Å². The molecule has 0 spiro atoms. The lowest BCUT2D eigenvalue weighted by atomic mass is 9.99. The average Bonchev–Trinajstić information content (AvgIpc) is 3.18. The maximum absolute atomic E-state index is 3.76. The van der Waals surface area contributed by atoms with Crippen LogP contribution in [0.1, 0.15) is 46.5 Å². The molecule has 1 heterocycles. The van der Waals surface area contributed by atoms with Gasteiger partial charge in [0.15, 0.2) is 0 Å². The van der Waals surface area contributed by atoms with E-state index < -0.39 is 0 Å². The van der Waals surface area contributed by atoms with Gasteiger partial charge in [0.1, 0.15) is 0 Å². The number of hydrogen-bond donors (Lipinski definition) is 1. The maximum Gasteiger partial charge on any atom is 0.0247 e. The summed E-state index contributed by atoms with van der Waals surface area (Å²) in [5.41, 5.74) is 0. The third-order valence-corrected chi connectivity index (χ3v) is 4.81. The number of likely N-dealkylation sites (N-methyl/N-ethyl adjacent to an activating group) is 1. The Morgan fingerprint density at radius 3 is 2.53 bits per heavy atom. The first kappa shape index (κ1) is 15.3. The van der Waals surface area contributed by atoms with Crippen LogP contribution < -0.4 is 5.32 Å². The average molecular weight is 267 g/mol. The highest BCUT2D eigenvalue weighted by atomic mass is 15.3. The van der Waals surface area contributed by atoms with Crippen molar-refractivity contribution in [2.24, 2.45) is 5.92 Å². The molecule has 0 amide bonds. The minimum atomic E-state index is 0.706. The van der Waals surface area contributed by atoms with Gasteiger partial charge in [-0.05, 0) is 45.2 Å². The van der Waals surface area contributed by atoms with E-state index in [1.54, 1.807) is 0 Å². The van der Waals surface area contributed by atoms with Gasteiger partial charge in [-0.15, -0.1) is 0 Å². The van der Waals surface area contributed by atoms with E-state index in [4.69, 9.17) is 0 Å². The monoisotopic (exact) mass is 267 g/mol. The predicted octanol–water partition coefficient (Wildman–Crippen LogP) is 2.18. The fraction of sp³-hybridized carbons (Fsp3) is 1.00. The van der Waals surface area contributed by atoms with Crippen LogP contribution in [0.15, 0.2) is 0 Å². The summed E-state index contributed by atoms with van der Waals surface area (Å²) in [5.74, 6) is 0.740. The van der Waals surface area contributed by atoms with Crippen molar-refractivity contribution in [3.63, 3.8) is 0 Å². The largest absolute Gasteiger partial charge is 0.312 e. The van der Waals surface area contributed by atoms with Crippen LogP contribution in [0.3, 0.4) is 0 Å². The normalized spacial score (nSPS) is 28.6. The summed E-state index contributed by atoms with van der Waals surface area (Å²) in [6.45, 7) is 12.1. The molecule has 3 heteroatoms. The van der Waals surface area contributed by atoms with Crippen LogP contribution in [-0.2, 0) is 0 Å². The van der Waals surface area contributed by atoms with E-state index in [-0.39, 0.29) is 0 Å². The molecule has 2 atom stereocenters. The van der Waals surface area contributed by atoms with Crippen LogP contribution in [0, 0.1) is 5.92 Å². The molecular weight excluding hydrogens is 234 g/mol. The van der Waals surface area contributed by atoms with Gasteiger partial charge in [-0.1, -0.05) is 20.8 Å². The molecule has 19 heavy (non-hydrogen) atoms. The van der Waals surface area contributed by atoms with E-state index in [0.29, 0.717) is 6.04 Å². The number of nitrogens with one attached hydrogen (secondary N) is 1. The maximum atomic E-state index is 3.76. The van der Waals surface area contributed by atoms with Crippen LogP contribution >= 0.6 is 0 Å². The number of nitrogens with zero attached hydrogens (tertiary/aromatic N) is 2. The lowest BCUT2D eigenvalue weighted by Crippen LogP contribution is -2.52. The van der Waals surface area contributed by atoms with Crippen molar-refractivity contribution < 1.29 is 0 Å². The Kier molecular flexibility index (Phi) is 5.67. The van der Waals surface area contributed by atoms with Gasteiger partial charge in [-0.25, -0.2) is 0 Å². The first-order valence-corrected chi connectivity index (χ1v) is 8.29. The first-order valence-electron chi connectivity index (χ1n) is 8.29. The minimum absolute atomic E-state index is 0.706. The van der Waals surface area contributed by atoms with Gasteiger partial charge in [0.2, 0.25) is 0 Å². The zero-order valence-corrected chi connectivity index (χ0v) is 13.4. The molecule has 1 N–H and O–H groups in total. The summed E-state index contributed by atoms with van der Waals surface area (Å²) >= 11 is 0. The van der Waals surface area contributed by atoms with Crippen molar-refractivity contribution in [1.29, 1.82) is 0 Å². The molecule has 1 aliphatic heterocycles. The van der Waals surface area contributed by atoms with Gasteiger partial charge < -0.3 is 10.2 Å². The number of rotatable bonds is 6. The van der Waals surface area contributed by atoms with Crippen molar-refractivity contribution in [3.8, 4) is 0 Å². The van der Waals surface area contributed by atoms with Gasteiger partial charge >= 0.3 is 0 Å². The molecule has 2 unspecified atom stereocenters. The molecule has 2 rings (SSSR count). The van der Waals surface area contributed by atoms with E-state index in [9.17, 15) is 0 Å². The zero-order chi connectivity index (χ0) is 13.8. The quantitative estimate of drug-likeness (QED) is 0.796. The second-order valence-corrected chi connectivity index (χ2v) is 6.91. The van der Waals surface area contributed by atoms with Crippen molar-refractivity contribution in [1.82, 2.24) is 15.1 Å². The third-order valence-electron chi connectivity index (χ3n) is 4.81. The third kappa shape index (κ3) is 4.44. The summed E-state index contributed by atoms with van der Waals surface area (Å²) < 4.78 is 0. The van der Waals surface area contributed by atoms with Gasteiger partial charge in [-0.2, -0.15) is 0 Å². The molecule has 0 aromatic rings. The Labute approximate surface area is 119 Å². The van der Waals surface area contributed by atoms with E-state index in [1.807, 2.05) is 0 Å². The van der Waals surface area contributed by atoms with Gasteiger partial charge in [-0.3, -0.25) is 4.90 Å². The molecule has 0 aromatic heterocycles. The molecule has 2 fully saturated rings. The predicted molar refractivity (Wildman–Crippen MR) is 82.5 cm³/mol. The molecule has 3 nitrogen and oxygen atoms in total. The molecular formula is C16H33N3. The minimum Gasteiger partial charge on any atom is -0.312 e. The second kappa shape index (κ2) is 7.05. The van der Waals surface area contributed by atoms with Crippen LogP contribution in [0.25, 0.3) is 0 Å². The van der Waals surface area contributed by atoms with E-state index in [2.05, 4.69) is 42.9 Å². The highest BCUT2D eigenvalue weighted by Crippen LogP contribution is 2.22. The second-order valence-electron chi connectivity index (χ2n) is 6.91. The molecule has 0 radical (unpaired) electrons. The fourth-order valence-corrected chi connectivity index (χ4v) is 3.37. The summed E-state index contributed by atoms with van der Waals surface area (Å²) in [6, 6.07) is 2.27. The summed E-state index contributed by atoms with van der Waals surface area (Å²) in [7, 11) is 2.28. The fourth-order valence-electron chi connectivity index (χ4n) is 3.37. The van der Waals surface area contributed by atoms with Crippen molar-refractivity contribution >= 4 is 0 Å². The van der Waals surface area contributed by atoms with Crippen molar-refractivity contribution in [2.45, 2.75) is 64.6 Å². The zero-order valence-electron chi connectivity index (χ0n) is 13.4. The molecule has 0 aromatic carbocycles. The Hall–Kier alpha value is -0.120. The highest BCUT2D eigenvalue weighted by molar-refractivity contribution is 4.89. The lowest BCUT2D eigenvalue weighted by Gasteiger charge is -2.39. The summed E-state index contributed by atoms with van der Waals surface area (Å²) in [5, 5.41) is 3.76. The molecule has 1 saturated carbocycles. The number of hydrogen-bond acceptors (Lipinski definition) is 3. The van der Waals surface area contributed by atoms with Gasteiger partial charge in [0.05, 0.1) is 0 Å². The summed E-state index contributed by atoms with van der Waals surface area (Å²) in [6.07, 6.45) is 5.38. The lowest BCUT2D eigenvalue weighted by molar-refractivity contribution is 0.0966. The Morgan fingerprint density at radius 1 is 1.21 bits per heavy atom. The van der Waals surface area contributed by atoms with E-state index in [0.717, 1.165) is 18.0 Å². The topological polar surface area (TPSA) is 18.5 Å². The Balaban J connectivity index is 1.98. The molecule has 0 bridgehead atoms. The highest BCUT2D eigenvalue weighted by Gasteiger charge is 2.31. The van der Waals surface area contributed by atoms with Gasteiger partial charge in [0, 0.05) is 37.8 Å². The van der Waals surface area contributed by atoms with Crippen LogP contribution in [0.5, 0.6) is 0 Å². The Bertz CT molecular complexity index is 263. The first-order chi connectivity index (χ1) is 9.11. The standard InChI is InChI=1S/C16H33N3/c1-5-15-12-18(4)9-6-10-19(15)16(13(2)3)11-17-14-7-8-14/h13-17H,5-12H2,1-4H3. The van der Waals surface area contributed by atoms with E-state index in [1.165, 1.54) is 51.9 Å². The molecule has 112 valence electrons. The smallest absolute Gasteiger partial charge is 0.0247 e. The van der Waals surface area contributed by atoms with Crippen molar-refractivity contribution in [2.75, 3.05) is 33.2 Å². The molecule has 1 aliphatic carbocycles. The molecule has 1 saturated heterocycles. The van der Waals surface area contributed by atoms with Crippen LogP contribution in [0.2, 0.25) is 0 Å². The molecule has 2 aliphatic rings. The van der Waals surface area contributed by atoms with Crippen molar-refractivity contribution in [3.05, 3.63) is 0 Å². The van der Waals surface area contributed by atoms with Gasteiger partial charge in [0.25, 0.3) is 0 Å². The summed E-state index contributed by atoms with van der Waals surface area (Å²) in [4.78, 5) is 5.32. The SMILES string of the molecule is CCC1CN(C)CCCN1C(CNC1CC1)C(C)C. The Morgan fingerprint density at radius 2 is 1.95 bits per heavy atom. The van der Waals surface area contributed by atoms with Crippen LogP contribution in [-0.4, -0.2) is 61.2 Å².